The lowest BCUT2D eigenvalue weighted by Crippen LogP contribution is -2.10. The van der Waals surface area contributed by atoms with Crippen LogP contribution < -0.4 is 5.73 Å². The predicted molar refractivity (Wildman–Crippen MR) is 61.9 cm³/mol. The van der Waals surface area contributed by atoms with Gasteiger partial charge in [0.2, 0.25) is 0 Å². The van der Waals surface area contributed by atoms with Crippen LogP contribution in [0.4, 0.5) is 5.82 Å². The predicted octanol–water partition coefficient (Wildman–Crippen LogP) is 2.27. The van der Waals surface area contributed by atoms with E-state index in [4.69, 9.17) is 10.2 Å². The van der Waals surface area contributed by atoms with Gasteiger partial charge >= 0.3 is 0 Å². The summed E-state index contributed by atoms with van der Waals surface area (Å²) in [7, 11) is 0. The van der Waals surface area contributed by atoms with Crippen molar-refractivity contribution in [2.24, 2.45) is 0 Å². The Hall–Kier alpha value is -0.980. The first kappa shape index (κ1) is 9.57. The number of nitrogens with zero attached hydrogens (tertiary/aromatic N) is 2. The first-order valence-electron chi connectivity index (χ1n) is 4.22. The molecule has 2 N–H and O–H groups in total. The van der Waals surface area contributed by atoms with Crippen molar-refractivity contribution in [2.45, 2.75) is 13.0 Å². The highest BCUT2D eigenvalue weighted by Crippen LogP contribution is 2.23. The van der Waals surface area contributed by atoms with Crippen LogP contribution in [0.2, 0.25) is 0 Å². The first-order valence-corrected chi connectivity index (χ1v) is 5.30. The molecule has 0 aromatic carbocycles. The summed E-state index contributed by atoms with van der Waals surface area (Å²) in [5.41, 5.74) is 5.86. The van der Waals surface area contributed by atoms with Gasteiger partial charge in [-0.15, -0.1) is 0 Å². The molecule has 0 radical (unpaired) electrons. The molecule has 5 heteroatoms. The number of furan rings is 1. The largest absolute Gasteiger partial charge is 0.467 e. The number of nitrogen functional groups attached to an aromatic ring is 1. The molecule has 0 spiro atoms. The van der Waals surface area contributed by atoms with Crippen molar-refractivity contribution in [3.05, 3.63) is 33.9 Å². The molecule has 4 nitrogen and oxygen atoms in total. The number of rotatable bonds is 2. The Morgan fingerprint density at radius 3 is 2.93 bits per heavy atom. The molecule has 1 atom stereocenters. The molecule has 74 valence electrons. The van der Waals surface area contributed by atoms with Gasteiger partial charge < -0.3 is 10.2 Å². The van der Waals surface area contributed by atoms with Crippen LogP contribution in [0.3, 0.4) is 0 Å². The number of halogens is 1. The first-order chi connectivity index (χ1) is 6.70. The van der Waals surface area contributed by atoms with Crippen LogP contribution >= 0.6 is 22.6 Å². The number of anilines is 1. The van der Waals surface area contributed by atoms with Crippen molar-refractivity contribution in [1.82, 2.24) is 9.78 Å². The Kier molecular flexibility index (Phi) is 2.49. The summed E-state index contributed by atoms with van der Waals surface area (Å²) in [6.45, 7) is 2.00. The SMILES string of the molecule is CC(c1ccco1)n1ncc(I)c1N. The van der Waals surface area contributed by atoms with Gasteiger partial charge in [0.25, 0.3) is 0 Å². The average Bonchev–Trinajstić information content (AvgIpc) is 2.77. The second-order valence-corrected chi connectivity index (χ2v) is 4.18. The normalized spacial score (nSPS) is 13.0. The Morgan fingerprint density at radius 2 is 2.43 bits per heavy atom. The van der Waals surface area contributed by atoms with Gasteiger partial charge in [0.15, 0.2) is 0 Å². The summed E-state index contributed by atoms with van der Waals surface area (Å²) in [5.74, 6) is 1.53. The lowest BCUT2D eigenvalue weighted by Gasteiger charge is -2.10. The molecule has 0 saturated carbocycles. The fraction of sp³-hybridized carbons (Fsp3) is 0.222. The molecule has 1 unspecified atom stereocenters. The van der Waals surface area contributed by atoms with Crippen LogP contribution in [0, 0.1) is 3.57 Å². The van der Waals surface area contributed by atoms with E-state index in [0.717, 1.165) is 9.33 Å². The van der Waals surface area contributed by atoms with E-state index in [2.05, 4.69) is 27.7 Å². The van der Waals surface area contributed by atoms with E-state index in [1.165, 1.54) is 0 Å². The van der Waals surface area contributed by atoms with Crippen molar-refractivity contribution in [3.8, 4) is 0 Å². The van der Waals surface area contributed by atoms with Gasteiger partial charge in [-0.25, -0.2) is 4.68 Å². The number of nitrogens with two attached hydrogens (primary N) is 1. The molecule has 0 aliphatic rings. The van der Waals surface area contributed by atoms with Crippen LogP contribution in [0.1, 0.15) is 18.7 Å². The van der Waals surface area contributed by atoms with Gasteiger partial charge in [-0.2, -0.15) is 5.10 Å². The van der Waals surface area contributed by atoms with Gasteiger partial charge in [0.05, 0.1) is 16.0 Å². The van der Waals surface area contributed by atoms with Crippen molar-refractivity contribution < 1.29 is 4.42 Å². The fourth-order valence-electron chi connectivity index (χ4n) is 1.31. The Morgan fingerprint density at radius 1 is 1.64 bits per heavy atom. The van der Waals surface area contributed by atoms with Gasteiger partial charge in [-0.1, -0.05) is 0 Å². The van der Waals surface area contributed by atoms with E-state index in [1.54, 1.807) is 17.1 Å². The average molecular weight is 303 g/mol. The number of hydrogen-bond acceptors (Lipinski definition) is 3. The molecule has 14 heavy (non-hydrogen) atoms. The molecule has 0 bridgehead atoms. The van der Waals surface area contributed by atoms with E-state index in [-0.39, 0.29) is 6.04 Å². The molecule has 0 aliphatic heterocycles. The molecular weight excluding hydrogens is 293 g/mol. The Balaban J connectivity index is 2.36. The lowest BCUT2D eigenvalue weighted by molar-refractivity contribution is 0.428. The third-order valence-corrected chi connectivity index (χ3v) is 2.94. The summed E-state index contributed by atoms with van der Waals surface area (Å²) < 4.78 is 8.00. The van der Waals surface area contributed by atoms with E-state index in [0.29, 0.717) is 5.82 Å². The highest BCUT2D eigenvalue weighted by Gasteiger charge is 2.15. The van der Waals surface area contributed by atoms with Crippen molar-refractivity contribution >= 4 is 28.4 Å². The highest BCUT2D eigenvalue weighted by atomic mass is 127. The quantitative estimate of drug-likeness (QED) is 0.866. The second-order valence-electron chi connectivity index (χ2n) is 3.01. The Bertz CT molecular complexity index is 421. The summed E-state index contributed by atoms with van der Waals surface area (Å²) in [6.07, 6.45) is 3.39. The summed E-state index contributed by atoms with van der Waals surface area (Å²) in [4.78, 5) is 0. The number of hydrogen-bond donors (Lipinski definition) is 1. The molecular formula is C9H10IN3O. The van der Waals surface area contributed by atoms with Crippen molar-refractivity contribution in [3.63, 3.8) is 0 Å². The van der Waals surface area contributed by atoms with E-state index in [9.17, 15) is 0 Å². The monoisotopic (exact) mass is 303 g/mol. The maximum absolute atomic E-state index is 5.86. The zero-order valence-corrected chi connectivity index (χ0v) is 9.80. The standard InChI is InChI=1S/C9H10IN3O/c1-6(8-3-2-4-14-8)13-9(11)7(10)5-12-13/h2-6H,11H2,1H3. The minimum absolute atomic E-state index is 0.0357. The lowest BCUT2D eigenvalue weighted by atomic mass is 10.2. The smallest absolute Gasteiger partial charge is 0.136 e. The van der Waals surface area contributed by atoms with Gasteiger partial charge in [-0.05, 0) is 41.6 Å². The topological polar surface area (TPSA) is 57.0 Å². The summed E-state index contributed by atoms with van der Waals surface area (Å²) >= 11 is 2.16. The van der Waals surface area contributed by atoms with E-state index < -0.39 is 0 Å². The van der Waals surface area contributed by atoms with Crippen molar-refractivity contribution in [2.75, 3.05) is 5.73 Å². The van der Waals surface area contributed by atoms with Crippen LogP contribution in [0.5, 0.6) is 0 Å². The van der Waals surface area contributed by atoms with Gasteiger partial charge in [-0.3, -0.25) is 0 Å². The third-order valence-electron chi connectivity index (χ3n) is 2.11. The molecule has 0 fully saturated rings. The highest BCUT2D eigenvalue weighted by molar-refractivity contribution is 14.1. The van der Waals surface area contributed by atoms with Gasteiger partial charge in [0.1, 0.15) is 17.6 Å². The molecule has 2 aromatic rings. The van der Waals surface area contributed by atoms with Crippen LogP contribution in [0.25, 0.3) is 0 Å². The van der Waals surface area contributed by atoms with Gasteiger partial charge in [0, 0.05) is 0 Å². The molecule has 0 aliphatic carbocycles. The van der Waals surface area contributed by atoms with E-state index in [1.807, 2.05) is 19.1 Å². The van der Waals surface area contributed by atoms with Crippen LogP contribution in [0.15, 0.2) is 29.0 Å². The second kappa shape index (κ2) is 3.64. The Labute approximate surface area is 95.2 Å². The number of aromatic nitrogens is 2. The van der Waals surface area contributed by atoms with E-state index >= 15 is 0 Å². The molecule has 0 amide bonds. The zero-order chi connectivity index (χ0) is 10.1. The minimum Gasteiger partial charge on any atom is -0.467 e. The fourth-order valence-corrected chi connectivity index (χ4v) is 1.68. The molecule has 2 aromatic heterocycles. The van der Waals surface area contributed by atoms with Crippen molar-refractivity contribution in [1.29, 1.82) is 0 Å². The summed E-state index contributed by atoms with van der Waals surface area (Å²) in [6, 6.07) is 3.81. The molecule has 2 rings (SSSR count). The maximum atomic E-state index is 5.86. The molecule has 0 saturated heterocycles. The molecule has 2 heterocycles. The zero-order valence-electron chi connectivity index (χ0n) is 7.64. The maximum Gasteiger partial charge on any atom is 0.136 e. The minimum atomic E-state index is 0.0357. The van der Waals surface area contributed by atoms with Crippen LogP contribution in [-0.2, 0) is 0 Å². The third kappa shape index (κ3) is 1.52. The summed E-state index contributed by atoms with van der Waals surface area (Å²) in [5, 5.41) is 4.20. The van der Waals surface area contributed by atoms with Crippen LogP contribution in [-0.4, -0.2) is 9.78 Å².